The molecular weight excluding hydrogens is 250 g/mol. The molecule has 0 amide bonds. The molecule has 0 aliphatic carbocycles. The van der Waals surface area contributed by atoms with Gasteiger partial charge in [0, 0.05) is 12.0 Å². The maximum atomic E-state index is 5.28. The molecule has 1 saturated heterocycles. The van der Waals surface area contributed by atoms with Crippen molar-refractivity contribution in [2.24, 2.45) is 5.92 Å². The van der Waals surface area contributed by atoms with Gasteiger partial charge in [-0.2, -0.15) is 4.98 Å². The van der Waals surface area contributed by atoms with Crippen LogP contribution in [0.1, 0.15) is 12.2 Å². The van der Waals surface area contributed by atoms with Gasteiger partial charge >= 0.3 is 0 Å². The molecule has 2 heterocycles. The molecule has 4 nitrogen and oxygen atoms in total. The van der Waals surface area contributed by atoms with Crippen LogP contribution in [-0.2, 0) is 6.42 Å². The fourth-order valence-corrected chi connectivity index (χ4v) is 2.18. The van der Waals surface area contributed by atoms with Crippen LogP contribution in [0.3, 0.4) is 0 Å². The molecule has 1 aromatic carbocycles. The lowest BCUT2D eigenvalue weighted by molar-refractivity contribution is 0.415. The first-order chi connectivity index (χ1) is 8.42. The van der Waals surface area contributed by atoms with Gasteiger partial charge in [0.15, 0.2) is 5.82 Å². The Bertz CT molecular complexity index is 480. The zero-order valence-electron chi connectivity index (χ0n) is 10.0. The summed E-state index contributed by atoms with van der Waals surface area (Å²) in [6, 6.07) is 9.88. The van der Waals surface area contributed by atoms with Gasteiger partial charge in [0.1, 0.15) is 0 Å². The highest BCUT2D eigenvalue weighted by molar-refractivity contribution is 5.85. The Hall–Kier alpha value is -1.39. The average Bonchev–Trinajstić information content (AvgIpc) is 3.02. The van der Waals surface area contributed by atoms with Gasteiger partial charge in [-0.3, -0.25) is 0 Å². The van der Waals surface area contributed by atoms with Crippen molar-refractivity contribution in [1.82, 2.24) is 15.5 Å². The zero-order chi connectivity index (χ0) is 11.5. The molecule has 1 fully saturated rings. The molecule has 1 N–H and O–H groups in total. The van der Waals surface area contributed by atoms with E-state index in [-0.39, 0.29) is 12.4 Å². The first kappa shape index (κ1) is 13.1. The third-order valence-corrected chi connectivity index (χ3v) is 3.12. The Kier molecular flexibility index (Phi) is 4.33. The summed E-state index contributed by atoms with van der Waals surface area (Å²) in [6.45, 7) is 2.17. The van der Waals surface area contributed by atoms with Gasteiger partial charge in [-0.15, -0.1) is 12.4 Å². The van der Waals surface area contributed by atoms with Crippen LogP contribution in [0.25, 0.3) is 11.5 Å². The molecule has 0 saturated carbocycles. The molecule has 0 bridgehead atoms. The molecule has 1 aliphatic heterocycles. The Morgan fingerprint density at radius 2 is 2.11 bits per heavy atom. The van der Waals surface area contributed by atoms with Gasteiger partial charge in [-0.1, -0.05) is 23.4 Å². The Morgan fingerprint density at radius 1 is 1.28 bits per heavy atom. The molecule has 0 radical (unpaired) electrons. The first-order valence-electron chi connectivity index (χ1n) is 6.00. The molecule has 5 heteroatoms. The minimum absolute atomic E-state index is 0. The van der Waals surface area contributed by atoms with Crippen molar-refractivity contribution in [2.75, 3.05) is 13.1 Å². The van der Waals surface area contributed by atoms with Crippen LogP contribution in [-0.4, -0.2) is 23.2 Å². The topological polar surface area (TPSA) is 51.0 Å². The highest BCUT2D eigenvalue weighted by atomic mass is 35.5. The second-order valence-corrected chi connectivity index (χ2v) is 4.44. The van der Waals surface area contributed by atoms with E-state index in [0.29, 0.717) is 11.8 Å². The summed E-state index contributed by atoms with van der Waals surface area (Å²) in [5, 5.41) is 7.39. The van der Waals surface area contributed by atoms with E-state index in [0.717, 1.165) is 30.9 Å². The number of aromatic nitrogens is 2. The Labute approximate surface area is 112 Å². The van der Waals surface area contributed by atoms with E-state index in [1.165, 1.54) is 6.42 Å². The van der Waals surface area contributed by atoms with Crippen molar-refractivity contribution < 1.29 is 4.52 Å². The molecule has 1 atom stereocenters. The van der Waals surface area contributed by atoms with Crippen molar-refractivity contribution in [1.29, 1.82) is 0 Å². The molecule has 2 aromatic rings. The molecule has 1 aromatic heterocycles. The van der Waals surface area contributed by atoms with Crippen LogP contribution in [0.2, 0.25) is 0 Å². The highest BCUT2D eigenvalue weighted by Gasteiger charge is 2.18. The van der Waals surface area contributed by atoms with Gasteiger partial charge in [0.2, 0.25) is 0 Å². The van der Waals surface area contributed by atoms with E-state index in [9.17, 15) is 0 Å². The fourth-order valence-electron chi connectivity index (χ4n) is 2.18. The third kappa shape index (κ3) is 2.89. The van der Waals surface area contributed by atoms with Gasteiger partial charge in [0.05, 0.1) is 0 Å². The summed E-state index contributed by atoms with van der Waals surface area (Å²) in [4.78, 5) is 4.44. The van der Waals surface area contributed by atoms with Crippen LogP contribution in [0.5, 0.6) is 0 Å². The second-order valence-electron chi connectivity index (χ2n) is 4.44. The van der Waals surface area contributed by atoms with Crippen molar-refractivity contribution in [3.63, 3.8) is 0 Å². The largest absolute Gasteiger partial charge is 0.334 e. The van der Waals surface area contributed by atoms with Crippen LogP contribution in [0.4, 0.5) is 0 Å². The number of nitrogens with zero attached hydrogens (tertiary/aromatic N) is 2. The lowest BCUT2D eigenvalue weighted by Crippen LogP contribution is -2.11. The maximum absolute atomic E-state index is 5.28. The number of rotatable bonds is 3. The predicted octanol–water partition coefficient (Wildman–Crippen LogP) is 2.31. The van der Waals surface area contributed by atoms with Crippen molar-refractivity contribution in [2.45, 2.75) is 12.8 Å². The first-order valence-corrected chi connectivity index (χ1v) is 6.00. The lowest BCUT2D eigenvalue weighted by atomic mass is 10.1. The second kappa shape index (κ2) is 5.98. The molecule has 3 rings (SSSR count). The summed E-state index contributed by atoms with van der Waals surface area (Å²) < 4.78 is 5.28. The molecule has 1 aliphatic rings. The van der Waals surface area contributed by atoms with Crippen molar-refractivity contribution >= 4 is 12.4 Å². The van der Waals surface area contributed by atoms with Crippen LogP contribution >= 0.6 is 12.4 Å². The van der Waals surface area contributed by atoms with Crippen LogP contribution in [0, 0.1) is 5.92 Å². The predicted molar refractivity (Wildman–Crippen MR) is 71.7 cm³/mol. The maximum Gasteiger partial charge on any atom is 0.257 e. The quantitative estimate of drug-likeness (QED) is 0.925. The van der Waals surface area contributed by atoms with Gasteiger partial charge in [-0.05, 0) is 37.6 Å². The average molecular weight is 266 g/mol. The van der Waals surface area contributed by atoms with Crippen LogP contribution < -0.4 is 5.32 Å². The van der Waals surface area contributed by atoms with E-state index >= 15 is 0 Å². The number of nitrogens with one attached hydrogen (secondary N) is 1. The lowest BCUT2D eigenvalue weighted by Gasteiger charge is -2.01. The van der Waals surface area contributed by atoms with E-state index in [1.54, 1.807) is 0 Å². The fraction of sp³-hybridized carbons (Fsp3) is 0.385. The molecule has 0 spiro atoms. The Morgan fingerprint density at radius 3 is 2.83 bits per heavy atom. The van der Waals surface area contributed by atoms with Gasteiger partial charge in [-0.25, -0.2) is 0 Å². The number of hydrogen-bond acceptors (Lipinski definition) is 4. The smallest absolute Gasteiger partial charge is 0.257 e. The van der Waals surface area contributed by atoms with Gasteiger partial charge < -0.3 is 9.84 Å². The summed E-state index contributed by atoms with van der Waals surface area (Å²) in [5.41, 5.74) is 0.982. The van der Waals surface area contributed by atoms with Crippen LogP contribution in [0.15, 0.2) is 34.9 Å². The Balaban J connectivity index is 0.00000120. The summed E-state index contributed by atoms with van der Waals surface area (Å²) in [5.74, 6) is 2.08. The minimum Gasteiger partial charge on any atom is -0.334 e. The van der Waals surface area contributed by atoms with Crippen molar-refractivity contribution in [3.05, 3.63) is 36.2 Å². The number of halogens is 1. The number of benzene rings is 1. The minimum atomic E-state index is 0. The van der Waals surface area contributed by atoms with Gasteiger partial charge in [0.25, 0.3) is 5.89 Å². The summed E-state index contributed by atoms with van der Waals surface area (Å²) >= 11 is 0. The third-order valence-electron chi connectivity index (χ3n) is 3.12. The SMILES string of the molecule is Cl.c1ccc(-c2nc(CC3CCNC3)no2)cc1. The summed E-state index contributed by atoms with van der Waals surface area (Å²) in [6.07, 6.45) is 2.11. The zero-order valence-corrected chi connectivity index (χ0v) is 10.8. The standard InChI is InChI=1S/C13H15N3O.ClH/c1-2-4-11(5-3-1)13-15-12(16-17-13)8-10-6-7-14-9-10;/h1-5,10,14H,6-9H2;1H. The highest BCUT2D eigenvalue weighted by Crippen LogP contribution is 2.18. The number of hydrogen-bond donors (Lipinski definition) is 1. The summed E-state index contributed by atoms with van der Waals surface area (Å²) in [7, 11) is 0. The normalized spacial score (nSPS) is 18.6. The monoisotopic (exact) mass is 265 g/mol. The molecular formula is C13H16ClN3O. The molecule has 1 unspecified atom stereocenters. The van der Waals surface area contributed by atoms with E-state index < -0.39 is 0 Å². The van der Waals surface area contributed by atoms with E-state index in [1.807, 2.05) is 30.3 Å². The van der Waals surface area contributed by atoms with E-state index in [2.05, 4.69) is 15.5 Å². The van der Waals surface area contributed by atoms with Crippen molar-refractivity contribution in [3.8, 4) is 11.5 Å². The molecule has 96 valence electrons. The van der Waals surface area contributed by atoms with E-state index in [4.69, 9.17) is 4.52 Å². The molecule has 18 heavy (non-hydrogen) atoms.